The number of aromatic amines is 1. The van der Waals surface area contributed by atoms with Crippen molar-refractivity contribution in [3.63, 3.8) is 0 Å². The van der Waals surface area contributed by atoms with Crippen molar-refractivity contribution in [1.82, 2.24) is 15.5 Å². The van der Waals surface area contributed by atoms with Gasteiger partial charge in [0, 0.05) is 17.1 Å². The van der Waals surface area contributed by atoms with Crippen molar-refractivity contribution in [2.75, 3.05) is 6.54 Å². The first-order valence-electron chi connectivity index (χ1n) is 5.50. The van der Waals surface area contributed by atoms with Crippen LogP contribution < -0.4 is 5.32 Å². The van der Waals surface area contributed by atoms with Crippen LogP contribution in [0.15, 0.2) is 17.5 Å². The third kappa shape index (κ3) is 2.74. The Kier molecular flexibility index (Phi) is 3.58. The highest BCUT2D eigenvalue weighted by Crippen LogP contribution is 2.10. The molecule has 0 radical (unpaired) electrons. The minimum absolute atomic E-state index is 0.0506. The second kappa shape index (κ2) is 5.14. The summed E-state index contributed by atoms with van der Waals surface area (Å²) in [6.45, 7) is 4.34. The van der Waals surface area contributed by atoms with Crippen molar-refractivity contribution >= 4 is 17.2 Å². The second-order valence-corrected chi connectivity index (χ2v) is 4.93. The van der Waals surface area contributed by atoms with Gasteiger partial charge in [0.05, 0.1) is 11.3 Å². The highest BCUT2D eigenvalue weighted by Gasteiger charge is 2.14. The first kappa shape index (κ1) is 11.9. The number of thiophene rings is 1. The Morgan fingerprint density at radius 3 is 2.94 bits per heavy atom. The van der Waals surface area contributed by atoms with E-state index >= 15 is 0 Å². The van der Waals surface area contributed by atoms with Gasteiger partial charge in [0.15, 0.2) is 0 Å². The Labute approximate surface area is 104 Å². The summed E-state index contributed by atoms with van der Waals surface area (Å²) in [5.41, 5.74) is 2.23. The molecule has 0 aliphatic carbocycles. The van der Waals surface area contributed by atoms with Gasteiger partial charge in [-0.1, -0.05) is 6.07 Å². The molecular formula is C12H15N3OS. The molecule has 0 aliphatic heterocycles. The smallest absolute Gasteiger partial charge is 0.255 e. The average Bonchev–Trinajstić information content (AvgIpc) is 2.89. The van der Waals surface area contributed by atoms with Gasteiger partial charge in [-0.2, -0.15) is 5.10 Å². The van der Waals surface area contributed by atoms with Gasteiger partial charge < -0.3 is 5.32 Å². The molecule has 0 aliphatic rings. The van der Waals surface area contributed by atoms with E-state index in [1.165, 1.54) is 4.88 Å². The molecule has 0 atom stereocenters. The second-order valence-electron chi connectivity index (χ2n) is 3.89. The minimum Gasteiger partial charge on any atom is -0.352 e. The monoisotopic (exact) mass is 249 g/mol. The standard InChI is InChI=1S/C12H15N3OS/c1-8-11(9(2)15-14-8)12(16)13-6-5-10-4-3-7-17-10/h3-4,7H,5-6H2,1-2H3,(H,13,16)(H,14,15). The summed E-state index contributed by atoms with van der Waals surface area (Å²) in [6.07, 6.45) is 0.874. The molecule has 2 aromatic heterocycles. The van der Waals surface area contributed by atoms with Crippen molar-refractivity contribution in [3.8, 4) is 0 Å². The molecule has 4 nitrogen and oxygen atoms in total. The molecule has 0 saturated carbocycles. The average molecular weight is 249 g/mol. The van der Waals surface area contributed by atoms with Gasteiger partial charge in [0.25, 0.3) is 5.91 Å². The van der Waals surface area contributed by atoms with Crippen molar-refractivity contribution in [2.45, 2.75) is 20.3 Å². The van der Waals surface area contributed by atoms with Crippen molar-refractivity contribution in [1.29, 1.82) is 0 Å². The number of amides is 1. The van der Waals surface area contributed by atoms with Crippen LogP contribution in [0.1, 0.15) is 26.6 Å². The predicted molar refractivity (Wildman–Crippen MR) is 68.4 cm³/mol. The molecule has 90 valence electrons. The number of carbonyl (C=O) groups excluding carboxylic acids is 1. The first-order chi connectivity index (χ1) is 8.18. The molecule has 1 amide bonds. The van der Waals surface area contributed by atoms with Gasteiger partial charge >= 0.3 is 0 Å². The van der Waals surface area contributed by atoms with Gasteiger partial charge in [0.1, 0.15) is 0 Å². The lowest BCUT2D eigenvalue weighted by Gasteiger charge is -2.04. The van der Waals surface area contributed by atoms with Crippen LogP contribution in [-0.2, 0) is 6.42 Å². The van der Waals surface area contributed by atoms with Gasteiger partial charge in [-0.15, -0.1) is 11.3 Å². The fraction of sp³-hybridized carbons (Fsp3) is 0.333. The summed E-state index contributed by atoms with van der Waals surface area (Å²) < 4.78 is 0. The van der Waals surface area contributed by atoms with E-state index in [1.54, 1.807) is 11.3 Å². The molecular weight excluding hydrogens is 234 g/mol. The summed E-state index contributed by atoms with van der Waals surface area (Å²) in [4.78, 5) is 13.2. The number of hydrogen-bond acceptors (Lipinski definition) is 3. The number of H-pyrrole nitrogens is 1. The summed E-state index contributed by atoms with van der Waals surface area (Å²) in [5.74, 6) is -0.0506. The molecule has 2 rings (SSSR count). The van der Waals surface area contributed by atoms with E-state index in [0.29, 0.717) is 12.1 Å². The summed E-state index contributed by atoms with van der Waals surface area (Å²) in [6, 6.07) is 4.09. The SMILES string of the molecule is Cc1n[nH]c(C)c1C(=O)NCCc1cccs1. The third-order valence-corrected chi connectivity index (χ3v) is 3.53. The number of rotatable bonds is 4. The Hall–Kier alpha value is -1.62. The fourth-order valence-corrected chi connectivity index (χ4v) is 2.44. The van der Waals surface area contributed by atoms with Crippen LogP contribution in [-0.4, -0.2) is 22.6 Å². The highest BCUT2D eigenvalue weighted by atomic mass is 32.1. The normalized spacial score (nSPS) is 10.5. The molecule has 2 heterocycles. The van der Waals surface area contributed by atoms with Gasteiger partial charge in [-0.3, -0.25) is 9.89 Å². The van der Waals surface area contributed by atoms with Crippen molar-refractivity contribution < 1.29 is 4.79 Å². The number of carbonyl (C=O) groups is 1. The molecule has 5 heteroatoms. The molecule has 0 fully saturated rings. The van der Waals surface area contributed by atoms with E-state index < -0.39 is 0 Å². The highest BCUT2D eigenvalue weighted by molar-refractivity contribution is 7.09. The maximum atomic E-state index is 11.9. The zero-order valence-electron chi connectivity index (χ0n) is 9.91. The topological polar surface area (TPSA) is 57.8 Å². The van der Waals surface area contributed by atoms with E-state index in [4.69, 9.17) is 0 Å². The number of nitrogens with zero attached hydrogens (tertiary/aromatic N) is 1. The zero-order chi connectivity index (χ0) is 12.3. The Morgan fingerprint density at radius 1 is 1.53 bits per heavy atom. The van der Waals surface area contributed by atoms with Crippen LogP contribution >= 0.6 is 11.3 Å². The number of aryl methyl sites for hydroxylation is 2. The first-order valence-corrected chi connectivity index (χ1v) is 6.38. The van der Waals surface area contributed by atoms with Gasteiger partial charge in [0.2, 0.25) is 0 Å². The van der Waals surface area contributed by atoms with E-state index in [1.807, 2.05) is 25.3 Å². The van der Waals surface area contributed by atoms with Crippen molar-refractivity contribution in [2.24, 2.45) is 0 Å². The maximum Gasteiger partial charge on any atom is 0.255 e. The fourth-order valence-electron chi connectivity index (χ4n) is 1.73. The molecule has 0 aromatic carbocycles. The molecule has 2 aromatic rings. The Balaban J connectivity index is 1.90. The van der Waals surface area contributed by atoms with Crippen LogP contribution in [0.5, 0.6) is 0 Å². The van der Waals surface area contributed by atoms with Crippen LogP contribution in [0.25, 0.3) is 0 Å². The number of aromatic nitrogens is 2. The number of nitrogens with one attached hydrogen (secondary N) is 2. The summed E-state index contributed by atoms with van der Waals surface area (Å²) in [5, 5.41) is 11.8. The van der Waals surface area contributed by atoms with Crippen molar-refractivity contribution in [3.05, 3.63) is 39.3 Å². The minimum atomic E-state index is -0.0506. The lowest BCUT2D eigenvalue weighted by atomic mass is 10.2. The van der Waals surface area contributed by atoms with Gasteiger partial charge in [-0.25, -0.2) is 0 Å². The molecule has 0 unspecified atom stereocenters. The summed E-state index contributed by atoms with van der Waals surface area (Å²) >= 11 is 1.71. The quantitative estimate of drug-likeness (QED) is 0.871. The van der Waals surface area contributed by atoms with E-state index in [2.05, 4.69) is 21.6 Å². The van der Waals surface area contributed by atoms with E-state index in [-0.39, 0.29) is 5.91 Å². The molecule has 0 bridgehead atoms. The molecule has 0 spiro atoms. The molecule has 2 N–H and O–H groups in total. The maximum absolute atomic E-state index is 11.9. The van der Waals surface area contributed by atoms with Crippen LogP contribution in [0, 0.1) is 13.8 Å². The Morgan fingerprint density at radius 2 is 2.35 bits per heavy atom. The Bertz CT molecular complexity index is 482. The number of hydrogen-bond donors (Lipinski definition) is 2. The van der Waals surface area contributed by atoms with Crippen LogP contribution in [0.4, 0.5) is 0 Å². The predicted octanol–water partition coefficient (Wildman–Crippen LogP) is 2.06. The van der Waals surface area contributed by atoms with Crippen LogP contribution in [0.2, 0.25) is 0 Å². The zero-order valence-corrected chi connectivity index (χ0v) is 10.7. The largest absolute Gasteiger partial charge is 0.352 e. The van der Waals surface area contributed by atoms with Crippen LogP contribution in [0.3, 0.4) is 0 Å². The lowest BCUT2D eigenvalue weighted by Crippen LogP contribution is -2.26. The third-order valence-electron chi connectivity index (χ3n) is 2.59. The molecule has 17 heavy (non-hydrogen) atoms. The molecule has 0 saturated heterocycles. The van der Waals surface area contributed by atoms with E-state index in [0.717, 1.165) is 17.8 Å². The van der Waals surface area contributed by atoms with E-state index in [9.17, 15) is 4.79 Å². The lowest BCUT2D eigenvalue weighted by molar-refractivity contribution is 0.0953. The summed E-state index contributed by atoms with van der Waals surface area (Å²) in [7, 11) is 0. The van der Waals surface area contributed by atoms with Gasteiger partial charge in [-0.05, 0) is 31.7 Å².